The lowest BCUT2D eigenvalue weighted by atomic mass is 9.90. The van der Waals surface area contributed by atoms with Crippen LogP contribution in [0.25, 0.3) is 0 Å². The number of hydrogen-bond donors (Lipinski definition) is 1. The van der Waals surface area contributed by atoms with E-state index in [2.05, 4.69) is 21.2 Å². The molecule has 2 aliphatic heterocycles. The van der Waals surface area contributed by atoms with Gasteiger partial charge in [0.15, 0.2) is 0 Å². The number of hydrogen-bond acceptors (Lipinski definition) is 3. The number of amides is 3. The van der Waals surface area contributed by atoms with Crippen LogP contribution in [-0.4, -0.2) is 47.5 Å². The summed E-state index contributed by atoms with van der Waals surface area (Å²) < 4.78 is 5.28. The van der Waals surface area contributed by atoms with Crippen LogP contribution in [0.15, 0.2) is 0 Å². The first-order valence-electron chi connectivity index (χ1n) is 6.39. The number of halogens is 1. The van der Waals surface area contributed by atoms with E-state index in [1.54, 1.807) is 0 Å². The van der Waals surface area contributed by atoms with E-state index in [0.29, 0.717) is 32.6 Å². The Morgan fingerprint density at radius 1 is 1.22 bits per heavy atom. The monoisotopic (exact) mass is 316 g/mol. The van der Waals surface area contributed by atoms with Gasteiger partial charge in [-0.25, -0.2) is 4.79 Å². The van der Waals surface area contributed by atoms with E-state index in [9.17, 15) is 9.59 Å². The number of carbonyl (C=O) groups excluding carboxylic acids is 2. The minimum atomic E-state index is -0.683. The molecule has 100 valence electrons. The quantitative estimate of drug-likeness (QED) is 0.630. The Labute approximate surface area is 114 Å². The molecule has 2 heterocycles. The van der Waals surface area contributed by atoms with Crippen LogP contribution in [0.2, 0.25) is 0 Å². The van der Waals surface area contributed by atoms with Crippen LogP contribution in [0.4, 0.5) is 4.79 Å². The molecular formula is C12H17BrN2O3. The number of carbonyl (C=O) groups is 2. The van der Waals surface area contributed by atoms with E-state index >= 15 is 0 Å². The van der Waals surface area contributed by atoms with Crippen LogP contribution < -0.4 is 5.32 Å². The van der Waals surface area contributed by atoms with Gasteiger partial charge in [0, 0.05) is 37.9 Å². The number of imide groups is 1. The maximum absolute atomic E-state index is 12.5. The van der Waals surface area contributed by atoms with Gasteiger partial charge in [-0.2, -0.15) is 0 Å². The highest BCUT2D eigenvalue weighted by atomic mass is 79.9. The topological polar surface area (TPSA) is 58.6 Å². The van der Waals surface area contributed by atoms with Crippen LogP contribution in [0, 0.1) is 5.41 Å². The van der Waals surface area contributed by atoms with Crippen molar-refractivity contribution < 1.29 is 14.3 Å². The molecule has 18 heavy (non-hydrogen) atoms. The summed E-state index contributed by atoms with van der Waals surface area (Å²) in [6, 6.07) is -0.228. The molecular weight excluding hydrogens is 300 g/mol. The maximum atomic E-state index is 12.5. The van der Waals surface area contributed by atoms with Gasteiger partial charge < -0.3 is 10.1 Å². The number of nitrogens with one attached hydrogen (secondary N) is 1. The Hall–Kier alpha value is -0.620. The molecule has 3 amide bonds. The molecule has 1 N–H and O–H groups in total. The minimum Gasteiger partial charge on any atom is -0.381 e. The van der Waals surface area contributed by atoms with Crippen molar-refractivity contribution in [1.82, 2.24) is 10.2 Å². The highest BCUT2D eigenvalue weighted by Crippen LogP contribution is 2.48. The van der Waals surface area contributed by atoms with Gasteiger partial charge in [0.25, 0.3) is 5.91 Å². The summed E-state index contributed by atoms with van der Waals surface area (Å²) in [6.45, 7) is 1.64. The number of urea groups is 1. The largest absolute Gasteiger partial charge is 0.381 e. The molecule has 3 rings (SSSR count). The van der Waals surface area contributed by atoms with Crippen molar-refractivity contribution in [3.8, 4) is 0 Å². The predicted molar refractivity (Wildman–Crippen MR) is 68.5 cm³/mol. The summed E-state index contributed by atoms with van der Waals surface area (Å²) in [7, 11) is 0. The van der Waals surface area contributed by atoms with Crippen molar-refractivity contribution in [1.29, 1.82) is 0 Å². The number of alkyl halides is 1. The molecule has 5 nitrogen and oxygen atoms in total. The van der Waals surface area contributed by atoms with E-state index < -0.39 is 5.54 Å². The van der Waals surface area contributed by atoms with Gasteiger partial charge in [-0.15, -0.1) is 0 Å². The van der Waals surface area contributed by atoms with E-state index in [4.69, 9.17) is 4.74 Å². The molecule has 2 saturated heterocycles. The summed E-state index contributed by atoms with van der Waals surface area (Å²) >= 11 is 3.48. The maximum Gasteiger partial charge on any atom is 0.325 e. The van der Waals surface area contributed by atoms with Crippen LogP contribution in [0.1, 0.15) is 25.7 Å². The molecule has 0 radical (unpaired) electrons. The third kappa shape index (κ3) is 1.86. The van der Waals surface area contributed by atoms with Gasteiger partial charge in [0.05, 0.1) is 0 Å². The molecule has 0 aromatic rings. The third-order valence-electron chi connectivity index (χ3n) is 4.33. The highest BCUT2D eigenvalue weighted by molar-refractivity contribution is 9.09. The standard InChI is InChI=1S/C12H17BrN2O3/c13-7-11(1-2-11)8-15-9(16)12(14-10(15)17)3-5-18-6-4-12/h1-8H2,(H,14,17). The van der Waals surface area contributed by atoms with Crippen LogP contribution >= 0.6 is 15.9 Å². The summed E-state index contributed by atoms with van der Waals surface area (Å²) in [4.78, 5) is 25.9. The fourth-order valence-electron chi connectivity index (χ4n) is 2.72. The zero-order valence-corrected chi connectivity index (χ0v) is 11.8. The second kappa shape index (κ2) is 4.20. The van der Waals surface area contributed by atoms with Gasteiger partial charge in [-0.1, -0.05) is 15.9 Å². The van der Waals surface area contributed by atoms with Gasteiger partial charge in [0.1, 0.15) is 5.54 Å². The smallest absolute Gasteiger partial charge is 0.325 e. The van der Waals surface area contributed by atoms with E-state index in [-0.39, 0.29) is 17.4 Å². The summed E-state index contributed by atoms with van der Waals surface area (Å²) in [5, 5.41) is 3.74. The Morgan fingerprint density at radius 3 is 2.44 bits per heavy atom. The zero-order chi connectivity index (χ0) is 12.8. The Balaban J connectivity index is 1.76. The van der Waals surface area contributed by atoms with Crippen LogP contribution in [0.5, 0.6) is 0 Å². The van der Waals surface area contributed by atoms with Crippen molar-refractivity contribution in [3.63, 3.8) is 0 Å². The fraction of sp³-hybridized carbons (Fsp3) is 0.833. The fourth-order valence-corrected chi connectivity index (χ4v) is 3.46. The molecule has 3 aliphatic rings. The van der Waals surface area contributed by atoms with E-state index in [0.717, 1.165) is 18.2 Å². The molecule has 0 aromatic heterocycles. The van der Waals surface area contributed by atoms with Crippen LogP contribution in [0.3, 0.4) is 0 Å². The number of nitrogens with zero attached hydrogens (tertiary/aromatic N) is 1. The molecule has 1 saturated carbocycles. The first kappa shape index (κ1) is 12.4. The molecule has 1 spiro atoms. The summed E-state index contributed by atoms with van der Waals surface area (Å²) in [5.41, 5.74) is -0.554. The van der Waals surface area contributed by atoms with Crippen molar-refractivity contribution in [2.45, 2.75) is 31.2 Å². The van der Waals surface area contributed by atoms with Gasteiger partial charge in [0.2, 0.25) is 0 Å². The average molecular weight is 317 g/mol. The van der Waals surface area contributed by atoms with Crippen molar-refractivity contribution in [3.05, 3.63) is 0 Å². The number of ether oxygens (including phenoxy) is 1. The number of rotatable bonds is 3. The first-order valence-corrected chi connectivity index (χ1v) is 7.51. The average Bonchev–Trinajstić information content (AvgIpc) is 3.12. The predicted octanol–water partition coefficient (Wildman–Crippen LogP) is 1.26. The molecule has 0 aromatic carbocycles. The molecule has 1 aliphatic carbocycles. The van der Waals surface area contributed by atoms with E-state index in [1.165, 1.54) is 4.90 Å². The van der Waals surface area contributed by atoms with E-state index in [1.807, 2.05) is 0 Å². The van der Waals surface area contributed by atoms with Gasteiger partial charge in [-0.3, -0.25) is 9.69 Å². The highest BCUT2D eigenvalue weighted by Gasteiger charge is 2.55. The normalized spacial score (nSPS) is 28.6. The lowest BCUT2D eigenvalue weighted by molar-refractivity contribution is -0.135. The van der Waals surface area contributed by atoms with Crippen molar-refractivity contribution in [2.24, 2.45) is 5.41 Å². The lowest BCUT2D eigenvalue weighted by Crippen LogP contribution is -2.51. The molecule has 6 heteroatoms. The first-order chi connectivity index (χ1) is 8.61. The lowest BCUT2D eigenvalue weighted by Gasteiger charge is -2.30. The minimum absolute atomic E-state index is 0.0528. The Morgan fingerprint density at radius 2 is 1.89 bits per heavy atom. The second-order valence-electron chi connectivity index (χ2n) is 5.65. The second-order valence-corrected chi connectivity index (χ2v) is 6.21. The molecule has 3 fully saturated rings. The zero-order valence-electron chi connectivity index (χ0n) is 10.2. The van der Waals surface area contributed by atoms with Crippen LogP contribution in [-0.2, 0) is 9.53 Å². The van der Waals surface area contributed by atoms with Gasteiger partial charge in [-0.05, 0) is 18.3 Å². The molecule has 0 bridgehead atoms. The summed E-state index contributed by atoms with van der Waals surface area (Å²) in [5.74, 6) is -0.0528. The summed E-state index contributed by atoms with van der Waals surface area (Å²) in [6.07, 6.45) is 3.36. The SMILES string of the molecule is O=C1NC2(CCOCC2)C(=O)N1CC1(CBr)CC1. The van der Waals surface area contributed by atoms with Gasteiger partial charge >= 0.3 is 6.03 Å². The van der Waals surface area contributed by atoms with Crippen molar-refractivity contribution in [2.75, 3.05) is 25.1 Å². The Bertz CT molecular complexity index is 389. The van der Waals surface area contributed by atoms with Crippen molar-refractivity contribution >= 4 is 27.9 Å². The molecule has 0 atom stereocenters. The Kier molecular flexibility index (Phi) is 2.90. The molecule has 0 unspecified atom stereocenters. The third-order valence-corrected chi connectivity index (χ3v) is 5.52.